The topological polar surface area (TPSA) is 26.3 Å². The minimum atomic E-state index is -0.141. The molecule has 2 heteroatoms. The quantitative estimate of drug-likeness (QED) is 0.627. The SMILES string of the molecule is COC(=O)c1c2c(cc3c1CC3)CC2. The van der Waals surface area contributed by atoms with Gasteiger partial charge in [-0.25, -0.2) is 4.79 Å². The minimum absolute atomic E-state index is 0.141. The molecule has 2 aliphatic rings. The number of ether oxygens (including phenoxy) is 1. The average molecular weight is 188 g/mol. The summed E-state index contributed by atoms with van der Waals surface area (Å²) in [7, 11) is 1.46. The van der Waals surface area contributed by atoms with Gasteiger partial charge in [0.2, 0.25) is 0 Å². The molecule has 0 aliphatic heterocycles. The van der Waals surface area contributed by atoms with Gasteiger partial charge in [-0.05, 0) is 47.9 Å². The van der Waals surface area contributed by atoms with Gasteiger partial charge in [0.1, 0.15) is 0 Å². The van der Waals surface area contributed by atoms with Crippen molar-refractivity contribution in [2.75, 3.05) is 7.11 Å². The molecule has 72 valence electrons. The fourth-order valence-electron chi connectivity index (χ4n) is 2.42. The summed E-state index contributed by atoms with van der Waals surface area (Å²) in [5, 5.41) is 0. The van der Waals surface area contributed by atoms with Crippen LogP contribution >= 0.6 is 0 Å². The van der Waals surface area contributed by atoms with E-state index in [2.05, 4.69) is 6.07 Å². The molecule has 14 heavy (non-hydrogen) atoms. The molecule has 0 saturated carbocycles. The maximum absolute atomic E-state index is 11.6. The molecule has 0 heterocycles. The summed E-state index contributed by atoms with van der Waals surface area (Å²) in [5.41, 5.74) is 6.11. The Hall–Kier alpha value is -1.31. The van der Waals surface area contributed by atoms with E-state index in [1.807, 2.05) is 0 Å². The zero-order chi connectivity index (χ0) is 9.71. The number of carbonyl (C=O) groups excluding carboxylic acids is 1. The smallest absolute Gasteiger partial charge is 0.338 e. The van der Waals surface area contributed by atoms with Gasteiger partial charge >= 0.3 is 5.97 Å². The summed E-state index contributed by atoms with van der Waals surface area (Å²) in [4.78, 5) is 11.6. The van der Waals surface area contributed by atoms with Crippen LogP contribution in [-0.4, -0.2) is 13.1 Å². The molecule has 0 spiro atoms. The number of carbonyl (C=O) groups is 1. The van der Waals surface area contributed by atoms with E-state index in [-0.39, 0.29) is 5.97 Å². The lowest BCUT2D eigenvalue weighted by atomic mass is 9.74. The van der Waals surface area contributed by atoms with Crippen molar-refractivity contribution in [1.82, 2.24) is 0 Å². The van der Waals surface area contributed by atoms with Crippen LogP contribution in [-0.2, 0) is 30.4 Å². The fraction of sp³-hybridized carbons (Fsp3) is 0.417. The molecule has 1 aromatic carbocycles. The van der Waals surface area contributed by atoms with Crippen LogP contribution in [0.2, 0.25) is 0 Å². The molecule has 3 rings (SSSR count). The van der Waals surface area contributed by atoms with Crippen LogP contribution in [0.5, 0.6) is 0 Å². The Kier molecular flexibility index (Phi) is 1.49. The Balaban J connectivity index is 2.22. The van der Waals surface area contributed by atoms with E-state index in [1.165, 1.54) is 29.4 Å². The zero-order valence-electron chi connectivity index (χ0n) is 8.22. The Labute approximate surface area is 82.9 Å². The zero-order valence-corrected chi connectivity index (χ0v) is 8.22. The van der Waals surface area contributed by atoms with Crippen molar-refractivity contribution >= 4 is 5.97 Å². The highest BCUT2D eigenvalue weighted by Crippen LogP contribution is 2.37. The lowest BCUT2D eigenvalue weighted by Crippen LogP contribution is -2.24. The first-order valence-corrected chi connectivity index (χ1v) is 5.06. The Bertz CT molecular complexity index is 402. The lowest BCUT2D eigenvalue weighted by molar-refractivity contribution is 0.0596. The highest BCUT2D eigenvalue weighted by Gasteiger charge is 2.30. The van der Waals surface area contributed by atoms with Gasteiger partial charge in [0.05, 0.1) is 12.7 Å². The second kappa shape index (κ2) is 2.59. The normalized spacial score (nSPS) is 16.1. The van der Waals surface area contributed by atoms with Crippen LogP contribution in [0.4, 0.5) is 0 Å². The Morgan fingerprint density at radius 3 is 2.07 bits per heavy atom. The van der Waals surface area contributed by atoms with Crippen LogP contribution in [0.25, 0.3) is 0 Å². The molecule has 0 radical (unpaired) electrons. The molecule has 0 bridgehead atoms. The summed E-state index contributed by atoms with van der Waals surface area (Å²) in [6.45, 7) is 0. The van der Waals surface area contributed by atoms with Gasteiger partial charge in [0.25, 0.3) is 0 Å². The van der Waals surface area contributed by atoms with Crippen LogP contribution in [0, 0.1) is 0 Å². The molecule has 0 fully saturated rings. The van der Waals surface area contributed by atoms with Crippen LogP contribution < -0.4 is 0 Å². The van der Waals surface area contributed by atoms with Gasteiger partial charge in [-0.1, -0.05) is 6.07 Å². The summed E-state index contributed by atoms with van der Waals surface area (Å²) in [6.07, 6.45) is 4.36. The third kappa shape index (κ3) is 0.834. The molecule has 2 nitrogen and oxygen atoms in total. The molecule has 0 unspecified atom stereocenters. The van der Waals surface area contributed by atoms with Gasteiger partial charge in [-0.2, -0.15) is 0 Å². The number of methoxy groups -OCH3 is 1. The summed E-state index contributed by atoms with van der Waals surface area (Å²) in [5.74, 6) is -0.141. The van der Waals surface area contributed by atoms with Crippen molar-refractivity contribution in [3.05, 3.63) is 33.9 Å². The predicted octanol–water partition coefficient (Wildman–Crippen LogP) is 1.67. The van der Waals surface area contributed by atoms with Crippen molar-refractivity contribution in [2.24, 2.45) is 0 Å². The average Bonchev–Trinajstić information content (AvgIpc) is 2.11. The standard InChI is InChI=1S/C12H12O2/c1-14-12(13)11-9-4-2-7(9)6-8-3-5-10(8)11/h6H,2-5H2,1H3. The van der Waals surface area contributed by atoms with E-state index in [1.54, 1.807) is 0 Å². The van der Waals surface area contributed by atoms with Crippen molar-refractivity contribution in [2.45, 2.75) is 25.7 Å². The van der Waals surface area contributed by atoms with Gasteiger partial charge in [0, 0.05) is 0 Å². The van der Waals surface area contributed by atoms with E-state index in [9.17, 15) is 4.79 Å². The maximum Gasteiger partial charge on any atom is 0.338 e. The lowest BCUT2D eigenvalue weighted by Gasteiger charge is -2.30. The van der Waals surface area contributed by atoms with E-state index < -0.39 is 0 Å². The van der Waals surface area contributed by atoms with E-state index in [0.29, 0.717) is 0 Å². The fourth-order valence-corrected chi connectivity index (χ4v) is 2.42. The molecular formula is C12H12O2. The number of fused-ring (bicyclic) bond motifs is 2. The van der Waals surface area contributed by atoms with Gasteiger partial charge in [-0.15, -0.1) is 0 Å². The highest BCUT2D eigenvalue weighted by molar-refractivity contribution is 5.94. The maximum atomic E-state index is 11.6. The van der Waals surface area contributed by atoms with Crippen molar-refractivity contribution in [3.8, 4) is 0 Å². The molecular weight excluding hydrogens is 176 g/mol. The highest BCUT2D eigenvalue weighted by atomic mass is 16.5. The molecule has 0 amide bonds. The molecule has 0 aromatic heterocycles. The monoisotopic (exact) mass is 188 g/mol. The van der Waals surface area contributed by atoms with E-state index in [0.717, 1.165) is 31.2 Å². The molecule has 1 aromatic rings. The minimum Gasteiger partial charge on any atom is -0.465 e. The van der Waals surface area contributed by atoms with Crippen LogP contribution in [0.1, 0.15) is 32.6 Å². The van der Waals surface area contributed by atoms with Crippen LogP contribution in [0.15, 0.2) is 6.07 Å². The van der Waals surface area contributed by atoms with Gasteiger partial charge in [0.15, 0.2) is 0 Å². The van der Waals surface area contributed by atoms with Crippen molar-refractivity contribution in [1.29, 1.82) is 0 Å². The summed E-state index contributed by atoms with van der Waals surface area (Å²) < 4.78 is 4.84. The first-order chi connectivity index (χ1) is 6.81. The summed E-state index contributed by atoms with van der Waals surface area (Å²) in [6, 6.07) is 2.27. The Morgan fingerprint density at radius 2 is 1.71 bits per heavy atom. The predicted molar refractivity (Wildman–Crippen MR) is 52.6 cm³/mol. The molecule has 2 aliphatic carbocycles. The molecule has 0 saturated heterocycles. The van der Waals surface area contributed by atoms with Gasteiger partial charge in [-0.3, -0.25) is 0 Å². The van der Waals surface area contributed by atoms with E-state index >= 15 is 0 Å². The first-order valence-electron chi connectivity index (χ1n) is 5.06. The largest absolute Gasteiger partial charge is 0.465 e. The van der Waals surface area contributed by atoms with Gasteiger partial charge < -0.3 is 4.74 Å². The number of hydrogen-bond donors (Lipinski definition) is 0. The Morgan fingerprint density at radius 1 is 1.14 bits per heavy atom. The van der Waals surface area contributed by atoms with E-state index in [4.69, 9.17) is 4.74 Å². The second-order valence-electron chi connectivity index (χ2n) is 4.02. The third-order valence-corrected chi connectivity index (χ3v) is 3.41. The van der Waals surface area contributed by atoms with Crippen molar-refractivity contribution < 1.29 is 9.53 Å². The number of aryl methyl sites for hydroxylation is 2. The molecule has 0 N–H and O–H groups in total. The number of hydrogen-bond acceptors (Lipinski definition) is 2. The summed E-state index contributed by atoms with van der Waals surface area (Å²) >= 11 is 0. The number of esters is 1. The number of rotatable bonds is 1. The molecule has 0 atom stereocenters. The van der Waals surface area contributed by atoms with Crippen LogP contribution in [0.3, 0.4) is 0 Å². The number of benzene rings is 1. The van der Waals surface area contributed by atoms with Crippen molar-refractivity contribution in [3.63, 3.8) is 0 Å². The second-order valence-corrected chi connectivity index (χ2v) is 4.02. The first kappa shape index (κ1) is 8.04. The third-order valence-electron chi connectivity index (χ3n) is 3.41.